The standard InChI is InChI=1S/C16H18O5/c1-3-9-20-16(19)14(15(18)11-21-12(2)17)10-13-7-5-4-6-8-13/h4-8,10H,3,9,11H2,1-2H3. The predicted octanol–water partition coefficient (Wildman–Crippen LogP) is 2.16. The molecular weight excluding hydrogens is 272 g/mol. The summed E-state index contributed by atoms with van der Waals surface area (Å²) in [7, 11) is 0. The largest absolute Gasteiger partial charge is 0.462 e. The van der Waals surface area contributed by atoms with Crippen molar-refractivity contribution < 1.29 is 23.9 Å². The molecule has 0 fully saturated rings. The maximum atomic E-state index is 12.0. The highest BCUT2D eigenvalue weighted by molar-refractivity contribution is 6.21. The molecule has 5 heteroatoms. The molecule has 0 aromatic heterocycles. The molecule has 0 radical (unpaired) electrons. The third kappa shape index (κ3) is 6.03. The lowest BCUT2D eigenvalue weighted by molar-refractivity contribution is -0.147. The van der Waals surface area contributed by atoms with E-state index in [1.807, 2.05) is 13.0 Å². The number of hydrogen-bond acceptors (Lipinski definition) is 5. The molecule has 0 saturated heterocycles. The Morgan fingerprint density at radius 3 is 2.33 bits per heavy atom. The molecule has 0 heterocycles. The molecule has 0 unspecified atom stereocenters. The molecule has 0 spiro atoms. The molecule has 1 aromatic rings. The summed E-state index contributed by atoms with van der Waals surface area (Å²) in [4.78, 5) is 34.7. The zero-order valence-corrected chi connectivity index (χ0v) is 12.1. The Kier molecular flexibility index (Phi) is 6.87. The molecule has 112 valence electrons. The van der Waals surface area contributed by atoms with E-state index in [0.29, 0.717) is 12.0 Å². The van der Waals surface area contributed by atoms with Gasteiger partial charge in [0.15, 0.2) is 6.61 Å². The molecule has 0 aliphatic rings. The van der Waals surface area contributed by atoms with Crippen molar-refractivity contribution in [3.05, 3.63) is 41.5 Å². The monoisotopic (exact) mass is 290 g/mol. The second-order valence-corrected chi connectivity index (χ2v) is 4.31. The molecule has 0 atom stereocenters. The smallest absolute Gasteiger partial charge is 0.341 e. The quantitative estimate of drug-likeness (QED) is 0.333. The van der Waals surface area contributed by atoms with Gasteiger partial charge in [0, 0.05) is 6.92 Å². The van der Waals surface area contributed by atoms with Gasteiger partial charge in [0.1, 0.15) is 5.57 Å². The first-order valence-corrected chi connectivity index (χ1v) is 6.65. The number of Topliss-reactive ketones (excluding diaryl/α,β-unsaturated/α-hetero) is 1. The Morgan fingerprint density at radius 1 is 1.10 bits per heavy atom. The minimum absolute atomic E-state index is 0.129. The predicted molar refractivity (Wildman–Crippen MR) is 77.3 cm³/mol. The van der Waals surface area contributed by atoms with Crippen LogP contribution < -0.4 is 0 Å². The summed E-state index contributed by atoms with van der Waals surface area (Å²) in [5.74, 6) is -1.88. The van der Waals surface area contributed by atoms with Crippen LogP contribution in [0.25, 0.3) is 6.08 Å². The average Bonchev–Trinajstić information content (AvgIpc) is 2.48. The van der Waals surface area contributed by atoms with E-state index in [2.05, 4.69) is 4.74 Å². The van der Waals surface area contributed by atoms with Crippen LogP contribution in [0, 0.1) is 0 Å². The highest BCUT2D eigenvalue weighted by atomic mass is 16.5. The summed E-state index contributed by atoms with van der Waals surface area (Å²) >= 11 is 0. The van der Waals surface area contributed by atoms with Crippen molar-refractivity contribution in [3.63, 3.8) is 0 Å². The Bertz CT molecular complexity index is 531. The number of rotatable bonds is 7. The SMILES string of the molecule is CCCOC(=O)C(=Cc1ccccc1)C(=O)COC(C)=O. The van der Waals surface area contributed by atoms with Gasteiger partial charge in [-0.15, -0.1) is 0 Å². The molecular formula is C16H18O5. The second-order valence-electron chi connectivity index (χ2n) is 4.31. The normalized spacial score (nSPS) is 10.9. The Morgan fingerprint density at radius 2 is 1.76 bits per heavy atom. The molecule has 5 nitrogen and oxygen atoms in total. The lowest BCUT2D eigenvalue weighted by atomic mass is 10.1. The minimum Gasteiger partial charge on any atom is -0.462 e. The van der Waals surface area contributed by atoms with Crippen molar-refractivity contribution in [2.45, 2.75) is 20.3 Å². The van der Waals surface area contributed by atoms with Gasteiger partial charge in [0.2, 0.25) is 5.78 Å². The van der Waals surface area contributed by atoms with Gasteiger partial charge in [-0.1, -0.05) is 37.3 Å². The zero-order valence-electron chi connectivity index (χ0n) is 12.1. The van der Waals surface area contributed by atoms with Crippen LogP contribution in [0.5, 0.6) is 0 Å². The molecule has 0 amide bonds. The van der Waals surface area contributed by atoms with Crippen LogP contribution in [0.4, 0.5) is 0 Å². The topological polar surface area (TPSA) is 69.7 Å². The first-order chi connectivity index (χ1) is 10.0. The number of benzene rings is 1. The van der Waals surface area contributed by atoms with E-state index in [1.54, 1.807) is 24.3 Å². The Balaban J connectivity index is 2.94. The van der Waals surface area contributed by atoms with Crippen LogP contribution in [0.3, 0.4) is 0 Å². The van der Waals surface area contributed by atoms with Crippen LogP contribution in [-0.2, 0) is 23.9 Å². The Labute approximate surface area is 123 Å². The van der Waals surface area contributed by atoms with Crippen LogP contribution in [0.15, 0.2) is 35.9 Å². The van der Waals surface area contributed by atoms with Gasteiger partial charge in [-0.2, -0.15) is 0 Å². The van der Waals surface area contributed by atoms with E-state index < -0.39 is 24.3 Å². The van der Waals surface area contributed by atoms with Crippen molar-refractivity contribution in [2.24, 2.45) is 0 Å². The lowest BCUT2D eigenvalue weighted by Gasteiger charge is -2.07. The number of hydrogen-bond donors (Lipinski definition) is 0. The summed E-state index contributed by atoms with van der Waals surface area (Å²) < 4.78 is 9.62. The highest BCUT2D eigenvalue weighted by Crippen LogP contribution is 2.10. The summed E-state index contributed by atoms with van der Waals surface area (Å²) in [5, 5.41) is 0. The van der Waals surface area contributed by atoms with Crippen LogP contribution >= 0.6 is 0 Å². The van der Waals surface area contributed by atoms with Gasteiger partial charge in [0.05, 0.1) is 6.61 Å². The van der Waals surface area contributed by atoms with Gasteiger partial charge in [0.25, 0.3) is 0 Å². The summed E-state index contributed by atoms with van der Waals surface area (Å²) in [6, 6.07) is 8.92. The first kappa shape index (κ1) is 16.6. The van der Waals surface area contributed by atoms with E-state index >= 15 is 0 Å². The number of ketones is 1. The van der Waals surface area contributed by atoms with E-state index in [0.717, 1.165) is 0 Å². The third-order valence-corrected chi connectivity index (χ3v) is 2.47. The van der Waals surface area contributed by atoms with Gasteiger partial charge >= 0.3 is 11.9 Å². The fourth-order valence-electron chi connectivity index (χ4n) is 1.49. The molecule has 21 heavy (non-hydrogen) atoms. The fraction of sp³-hybridized carbons (Fsp3) is 0.312. The van der Waals surface area contributed by atoms with Crippen molar-refractivity contribution in [2.75, 3.05) is 13.2 Å². The van der Waals surface area contributed by atoms with E-state index in [4.69, 9.17) is 4.74 Å². The van der Waals surface area contributed by atoms with Gasteiger partial charge in [-0.3, -0.25) is 9.59 Å². The van der Waals surface area contributed by atoms with Crippen molar-refractivity contribution in [3.8, 4) is 0 Å². The number of esters is 2. The molecule has 0 bridgehead atoms. The molecule has 0 saturated carbocycles. The van der Waals surface area contributed by atoms with Gasteiger partial charge < -0.3 is 9.47 Å². The van der Waals surface area contributed by atoms with Crippen molar-refractivity contribution >= 4 is 23.8 Å². The molecule has 1 rings (SSSR count). The maximum absolute atomic E-state index is 12.0. The Hall–Kier alpha value is -2.43. The zero-order chi connectivity index (χ0) is 15.7. The lowest BCUT2D eigenvalue weighted by Crippen LogP contribution is -2.21. The van der Waals surface area contributed by atoms with Crippen LogP contribution in [-0.4, -0.2) is 30.9 Å². The summed E-state index contributed by atoms with van der Waals surface area (Å²) in [5.41, 5.74) is 0.563. The van der Waals surface area contributed by atoms with E-state index in [1.165, 1.54) is 13.0 Å². The van der Waals surface area contributed by atoms with Crippen molar-refractivity contribution in [1.29, 1.82) is 0 Å². The molecule has 0 N–H and O–H groups in total. The number of ether oxygens (including phenoxy) is 2. The van der Waals surface area contributed by atoms with E-state index in [-0.39, 0.29) is 12.2 Å². The van der Waals surface area contributed by atoms with Crippen LogP contribution in [0.2, 0.25) is 0 Å². The number of carbonyl (C=O) groups is 3. The summed E-state index contributed by atoms with van der Waals surface area (Å²) in [6.45, 7) is 2.80. The van der Waals surface area contributed by atoms with Gasteiger partial charge in [-0.05, 0) is 18.1 Å². The minimum atomic E-state index is -0.710. The highest BCUT2D eigenvalue weighted by Gasteiger charge is 2.20. The molecule has 0 aliphatic heterocycles. The number of carbonyl (C=O) groups excluding carboxylic acids is 3. The fourth-order valence-corrected chi connectivity index (χ4v) is 1.49. The average molecular weight is 290 g/mol. The van der Waals surface area contributed by atoms with Crippen molar-refractivity contribution in [1.82, 2.24) is 0 Å². The third-order valence-electron chi connectivity index (χ3n) is 2.47. The van der Waals surface area contributed by atoms with E-state index in [9.17, 15) is 14.4 Å². The molecule has 1 aromatic carbocycles. The molecule has 0 aliphatic carbocycles. The maximum Gasteiger partial charge on any atom is 0.341 e. The second kappa shape index (κ2) is 8.68. The van der Waals surface area contributed by atoms with Crippen LogP contribution in [0.1, 0.15) is 25.8 Å². The van der Waals surface area contributed by atoms with Gasteiger partial charge in [-0.25, -0.2) is 4.79 Å². The summed E-state index contributed by atoms with van der Waals surface area (Å²) in [6.07, 6.45) is 2.09. The first-order valence-electron chi connectivity index (χ1n) is 6.65.